The Morgan fingerprint density at radius 1 is 1.23 bits per heavy atom. The number of carbonyl (C=O) groups is 3. The van der Waals surface area contributed by atoms with Gasteiger partial charge in [0.25, 0.3) is 5.91 Å². The Bertz CT molecular complexity index is 724. The lowest BCUT2D eigenvalue weighted by Gasteiger charge is -2.15. The lowest BCUT2D eigenvalue weighted by Crippen LogP contribution is -2.44. The van der Waals surface area contributed by atoms with Crippen LogP contribution in [0.3, 0.4) is 0 Å². The molecule has 0 aliphatic rings. The normalized spacial score (nSPS) is 11.8. The number of aliphatic carboxylic acids is 1. The molecule has 0 saturated heterocycles. The molecule has 7 heteroatoms. The van der Waals surface area contributed by atoms with Gasteiger partial charge in [-0.05, 0) is 18.6 Å². The number of fused-ring (bicyclic) bond motifs is 1. The van der Waals surface area contributed by atoms with E-state index in [0.717, 1.165) is 5.39 Å². The van der Waals surface area contributed by atoms with Crippen LogP contribution in [0, 0.1) is 0 Å². The highest BCUT2D eigenvalue weighted by Crippen LogP contribution is 2.16. The number of rotatable bonds is 6. The molecule has 7 nitrogen and oxygen atoms in total. The number of hydrogen-bond donors (Lipinski definition) is 3. The van der Waals surface area contributed by atoms with Crippen LogP contribution in [-0.4, -0.2) is 33.9 Å². The Morgan fingerprint density at radius 2 is 1.95 bits per heavy atom. The third-order valence-electron chi connectivity index (χ3n) is 3.17. The summed E-state index contributed by atoms with van der Waals surface area (Å²) in [7, 11) is 0. The van der Waals surface area contributed by atoms with Crippen molar-refractivity contribution in [1.29, 1.82) is 0 Å². The van der Waals surface area contributed by atoms with Crippen LogP contribution in [0.4, 0.5) is 0 Å². The van der Waals surface area contributed by atoms with Crippen LogP contribution < -0.4 is 11.1 Å². The first kappa shape index (κ1) is 15.4. The SMILES string of the molecule is NC(=O)[C@H](CCC(=O)O)NC(=O)c1cccc2cccnc12. The zero-order chi connectivity index (χ0) is 16.1. The first-order chi connectivity index (χ1) is 10.5. The Balaban J connectivity index is 2.22. The summed E-state index contributed by atoms with van der Waals surface area (Å²) in [5.74, 6) is -2.35. The van der Waals surface area contributed by atoms with Crippen LogP contribution in [0.5, 0.6) is 0 Å². The van der Waals surface area contributed by atoms with Crippen LogP contribution in [0.15, 0.2) is 36.5 Å². The monoisotopic (exact) mass is 301 g/mol. The number of carboxylic acid groups (broad SMARTS) is 1. The standard InChI is InChI=1S/C15H15N3O4/c16-14(21)11(6-7-12(19)20)18-15(22)10-5-1-3-9-4-2-8-17-13(9)10/h1-5,8,11H,6-7H2,(H2,16,21)(H,18,22)(H,19,20)/t11-/m0/s1. The quantitative estimate of drug-likeness (QED) is 0.724. The fourth-order valence-corrected chi connectivity index (χ4v) is 2.08. The van der Waals surface area contributed by atoms with Gasteiger partial charge in [0.2, 0.25) is 5.91 Å². The molecule has 0 unspecified atom stereocenters. The van der Waals surface area contributed by atoms with Crippen LogP contribution in [-0.2, 0) is 9.59 Å². The molecule has 1 atom stereocenters. The summed E-state index contributed by atoms with van der Waals surface area (Å²) in [6.45, 7) is 0. The summed E-state index contributed by atoms with van der Waals surface area (Å²) in [4.78, 5) is 38.4. The molecule has 2 aromatic rings. The minimum Gasteiger partial charge on any atom is -0.481 e. The van der Waals surface area contributed by atoms with Gasteiger partial charge in [-0.1, -0.05) is 18.2 Å². The van der Waals surface area contributed by atoms with E-state index in [1.807, 2.05) is 12.1 Å². The third-order valence-corrected chi connectivity index (χ3v) is 3.17. The molecular formula is C15H15N3O4. The fourth-order valence-electron chi connectivity index (χ4n) is 2.08. The summed E-state index contributed by atoms with van der Waals surface area (Å²) in [6, 6.07) is 7.63. The molecule has 0 aliphatic heterocycles. The molecule has 0 spiro atoms. The van der Waals surface area contributed by atoms with Crippen molar-refractivity contribution in [2.75, 3.05) is 0 Å². The van der Waals surface area contributed by atoms with Crippen molar-refractivity contribution < 1.29 is 19.5 Å². The predicted octanol–water partition coefficient (Wildman–Crippen LogP) is 0.683. The molecule has 0 bridgehead atoms. The topological polar surface area (TPSA) is 122 Å². The number of nitrogens with one attached hydrogen (secondary N) is 1. The van der Waals surface area contributed by atoms with E-state index < -0.39 is 23.8 Å². The van der Waals surface area contributed by atoms with Gasteiger partial charge >= 0.3 is 5.97 Å². The smallest absolute Gasteiger partial charge is 0.303 e. The van der Waals surface area contributed by atoms with E-state index in [9.17, 15) is 14.4 Å². The van der Waals surface area contributed by atoms with Gasteiger partial charge in [-0.3, -0.25) is 19.4 Å². The van der Waals surface area contributed by atoms with Gasteiger partial charge in [-0.25, -0.2) is 0 Å². The van der Waals surface area contributed by atoms with E-state index in [1.54, 1.807) is 24.4 Å². The third kappa shape index (κ3) is 3.57. The van der Waals surface area contributed by atoms with Crippen molar-refractivity contribution in [3.63, 3.8) is 0 Å². The number of benzene rings is 1. The van der Waals surface area contributed by atoms with Gasteiger partial charge in [0.15, 0.2) is 0 Å². The van der Waals surface area contributed by atoms with Gasteiger partial charge in [-0.2, -0.15) is 0 Å². The van der Waals surface area contributed by atoms with Crippen LogP contribution >= 0.6 is 0 Å². The fraction of sp³-hybridized carbons (Fsp3) is 0.200. The lowest BCUT2D eigenvalue weighted by atomic mass is 10.1. The van der Waals surface area contributed by atoms with Crippen LogP contribution in [0.1, 0.15) is 23.2 Å². The van der Waals surface area contributed by atoms with E-state index in [1.165, 1.54) is 0 Å². The maximum absolute atomic E-state index is 12.3. The number of pyridine rings is 1. The summed E-state index contributed by atoms with van der Waals surface area (Å²) in [6.07, 6.45) is 1.24. The summed E-state index contributed by atoms with van der Waals surface area (Å²) < 4.78 is 0. The molecule has 1 heterocycles. The molecule has 2 rings (SSSR count). The van der Waals surface area contributed by atoms with E-state index in [4.69, 9.17) is 10.8 Å². The predicted molar refractivity (Wildman–Crippen MR) is 79.1 cm³/mol. The summed E-state index contributed by atoms with van der Waals surface area (Å²) >= 11 is 0. The molecule has 4 N–H and O–H groups in total. The number of carbonyl (C=O) groups excluding carboxylic acids is 2. The minimum absolute atomic E-state index is 0.0609. The van der Waals surface area contributed by atoms with E-state index in [-0.39, 0.29) is 12.8 Å². The van der Waals surface area contributed by atoms with Gasteiger partial charge < -0.3 is 16.2 Å². The lowest BCUT2D eigenvalue weighted by molar-refractivity contribution is -0.137. The summed E-state index contributed by atoms with van der Waals surface area (Å²) in [5, 5.41) is 11.9. The highest BCUT2D eigenvalue weighted by atomic mass is 16.4. The second-order valence-corrected chi connectivity index (χ2v) is 4.74. The zero-order valence-electron chi connectivity index (χ0n) is 11.7. The van der Waals surface area contributed by atoms with Crippen molar-refractivity contribution in [1.82, 2.24) is 10.3 Å². The van der Waals surface area contributed by atoms with Gasteiger partial charge in [0, 0.05) is 18.0 Å². The van der Waals surface area contributed by atoms with E-state index in [2.05, 4.69) is 10.3 Å². The van der Waals surface area contributed by atoms with Crippen molar-refractivity contribution in [3.05, 3.63) is 42.1 Å². The first-order valence-corrected chi connectivity index (χ1v) is 6.64. The number of carboxylic acids is 1. The Labute approximate surface area is 126 Å². The molecule has 22 heavy (non-hydrogen) atoms. The minimum atomic E-state index is -1.06. The van der Waals surface area contributed by atoms with Gasteiger partial charge in [-0.15, -0.1) is 0 Å². The van der Waals surface area contributed by atoms with Crippen molar-refractivity contribution in [2.24, 2.45) is 5.73 Å². The first-order valence-electron chi connectivity index (χ1n) is 6.64. The Hall–Kier alpha value is -2.96. The maximum atomic E-state index is 12.3. The molecule has 2 amide bonds. The number of nitrogens with two attached hydrogens (primary N) is 1. The average molecular weight is 301 g/mol. The summed E-state index contributed by atoms with van der Waals surface area (Å²) in [5.41, 5.74) is 6.01. The molecule has 0 radical (unpaired) electrons. The zero-order valence-corrected chi connectivity index (χ0v) is 11.7. The van der Waals surface area contributed by atoms with Gasteiger partial charge in [0.05, 0.1) is 11.1 Å². The number of para-hydroxylation sites is 1. The molecular weight excluding hydrogens is 286 g/mol. The molecule has 1 aromatic carbocycles. The van der Waals surface area contributed by atoms with E-state index >= 15 is 0 Å². The number of primary amides is 1. The number of amides is 2. The Kier molecular flexibility index (Phi) is 4.67. The molecule has 114 valence electrons. The Morgan fingerprint density at radius 3 is 2.64 bits per heavy atom. The highest BCUT2D eigenvalue weighted by Gasteiger charge is 2.21. The molecule has 1 aromatic heterocycles. The second kappa shape index (κ2) is 6.66. The van der Waals surface area contributed by atoms with E-state index in [0.29, 0.717) is 11.1 Å². The highest BCUT2D eigenvalue weighted by molar-refractivity contribution is 6.06. The molecule has 0 aliphatic carbocycles. The second-order valence-electron chi connectivity index (χ2n) is 4.74. The number of aromatic nitrogens is 1. The largest absolute Gasteiger partial charge is 0.481 e. The number of hydrogen-bond acceptors (Lipinski definition) is 4. The van der Waals surface area contributed by atoms with Crippen molar-refractivity contribution in [3.8, 4) is 0 Å². The molecule has 0 fully saturated rings. The van der Waals surface area contributed by atoms with Crippen molar-refractivity contribution >= 4 is 28.7 Å². The van der Waals surface area contributed by atoms with Crippen LogP contribution in [0.2, 0.25) is 0 Å². The van der Waals surface area contributed by atoms with Crippen LogP contribution in [0.25, 0.3) is 10.9 Å². The number of nitrogens with zero attached hydrogens (tertiary/aromatic N) is 1. The van der Waals surface area contributed by atoms with Crippen molar-refractivity contribution in [2.45, 2.75) is 18.9 Å². The average Bonchev–Trinajstić information content (AvgIpc) is 2.50. The maximum Gasteiger partial charge on any atom is 0.303 e. The van der Waals surface area contributed by atoms with Gasteiger partial charge in [0.1, 0.15) is 6.04 Å². The molecule has 0 saturated carbocycles.